The Hall–Kier alpha value is -2.00. The number of aliphatic hydroxyl groups excluding tert-OH is 4. The number of fused-ring (bicyclic) bond motifs is 1. The van der Waals surface area contributed by atoms with E-state index in [-0.39, 0.29) is 0 Å². The van der Waals surface area contributed by atoms with Crippen molar-refractivity contribution in [3.63, 3.8) is 0 Å². The van der Waals surface area contributed by atoms with E-state index < -0.39 is 37.3 Å². The first-order chi connectivity index (χ1) is 13.5. The van der Waals surface area contributed by atoms with Gasteiger partial charge in [-0.05, 0) is 41.6 Å². The number of hydrogen-bond acceptors (Lipinski definition) is 7. The second-order valence-corrected chi connectivity index (χ2v) is 7.98. The van der Waals surface area contributed by atoms with Crippen molar-refractivity contribution in [1.82, 2.24) is 0 Å². The van der Waals surface area contributed by atoms with Gasteiger partial charge in [0.15, 0.2) is 0 Å². The van der Waals surface area contributed by atoms with Crippen molar-refractivity contribution in [2.24, 2.45) is 0 Å². The van der Waals surface area contributed by atoms with E-state index in [9.17, 15) is 20.4 Å². The van der Waals surface area contributed by atoms with E-state index in [0.717, 1.165) is 16.0 Å². The Labute approximate surface area is 166 Å². The van der Waals surface area contributed by atoms with Gasteiger partial charge in [-0.2, -0.15) is 0 Å². The molecule has 0 saturated carbocycles. The fourth-order valence-corrected chi connectivity index (χ4v) is 4.56. The molecule has 1 aliphatic rings. The molecule has 1 aromatic heterocycles. The third kappa shape index (κ3) is 3.41. The highest BCUT2D eigenvalue weighted by Gasteiger charge is 2.44. The molecule has 0 aliphatic carbocycles. The molecule has 0 bridgehead atoms. The molecule has 0 radical (unpaired) electrons. The van der Waals surface area contributed by atoms with E-state index >= 15 is 0 Å². The largest absolute Gasteiger partial charge is 0.462 e. The van der Waals surface area contributed by atoms with Crippen molar-refractivity contribution >= 4 is 21.4 Å². The molecule has 0 amide bonds. The fourth-order valence-electron chi connectivity index (χ4n) is 3.41. The monoisotopic (exact) mass is 402 g/mol. The molecule has 1 fully saturated rings. The number of ether oxygens (including phenoxy) is 2. The van der Waals surface area contributed by atoms with Gasteiger partial charge in [0, 0.05) is 9.58 Å². The first-order valence-electron chi connectivity index (χ1n) is 9.05. The van der Waals surface area contributed by atoms with Crippen molar-refractivity contribution in [3.05, 3.63) is 54.1 Å². The first kappa shape index (κ1) is 19.3. The van der Waals surface area contributed by atoms with Gasteiger partial charge in [0.05, 0.1) is 6.61 Å². The van der Waals surface area contributed by atoms with Crippen LogP contribution in [0.15, 0.2) is 48.5 Å². The molecule has 148 valence electrons. The third-order valence-corrected chi connectivity index (χ3v) is 6.22. The van der Waals surface area contributed by atoms with E-state index in [4.69, 9.17) is 9.47 Å². The summed E-state index contributed by atoms with van der Waals surface area (Å²) < 4.78 is 12.5. The molecular weight excluding hydrogens is 380 g/mol. The Morgan fingerprint density at radius 2 is 1.79 bits per heavy atom. The Kier molecular flexibility index (Phi) is 5.37. The van der Waals surface area contributed by atoms with Crippen LogP contribution in [0.25, 0.3) is 20.5 Å². The number of thiophene rings is 1. The maximum absolute atomic E-state index is 10.2. The molecule has 28 heavy (non-hydrogen) atoms. The second-order valence-electron chi connectivity index (χ2n) is 6.89. The molecule has 4 rings (SSSR count). The molecule has 3 aromatic rings. The molecule has 2 aromatic carbocycles. The van der Waals surface area contributed by atoms with Crippen molar-refractivity contribution in [1.29, 1.82) is 0 Å². The van der Waals surface area contributed by atoms with Crippen molar-refractivity contribution < 1.29 is 29.9 Å². The Balaban J connectivity index is 1.63. The van der Waals surface area contributed by atoms with Crippen molar-refractivity contribution in [3.8, 4) is 16.2 Å². The van der Waals surface area contributed by atoms with Crippen LogP contribution in [0.2, 0.25) is 0 Å². The molecule has 1 aliphatic heterocycles. The number of benzene rings is 2. The van der Waals surface area contributed by atoms with E-state index in [0.29, 0.717) is 5.75 Å². The first-order valence-corrected chi connectivity index (χ1v) is 9.87. The minimum atomic E-state index is -1.47. The molecular formula is C21H22O6S. The standard InChI is InChI=1S/C21H22O6S/c1-11-13(17-9-12-5-2-3-8-16(12)28-17)6-4-7-14(11)26-21-20(25)19(24)18(23)15(10-22)27-21/h2-9,15,18-25H,10H2,1H3/t15-,18-,19+,20-,21-/m1/s1. The summed E-state index contributed by atoms with van der Waals surface area (Å²) in [4.78, 5) is 1.10. The minimum absolute atomic E-state index is 0.494. The summed E-state index contributed by atoms with van der Waals surface area (Å²) in [5.41, 5.74) is 1.87. The summed E-state index contributed by atoms with van der Waals surface area (Å²) in [6.45, 7) is 1.42. The van der Waals surface area contributed by atoms with Gasteiger partial charge in [-0.3, -0.25) is 0 Å². The highest BCUT2D eigenvalue weighted by Crippen LogP contribution is 2.38. The van der Waals surface area contributed by atoms with Crippen LogP contribution in [0.4, 0.5) is 0 Å². The SMILES string of the molecule is Cc1c(O[C@@H]2O[C@H](CO)[C@@H](O)[C@H](O)[C@H]2O)cccc1-c1cc2ccccc2s1. The quantitative estimate of drug-likeness (QED) is 0.533. The van der Waals surface area contributed by atoms with Gasteiger partial charge >= 0.3 is 0 Å². The van der Waals surface area contributed by atoms with Gasteiger partial charge in [0.25, 0.3) is 0 Å². The summed E-state index contributed by atoms with van der Waals surface area (Å²) in [7, 11) is 0. The molecule has 4 N–H and O–H groups in total. The maximum Gasteiger partial charge on any atom is 0.229 e. The number of rotatable bonds is 4. The highest BCUT2D eigenvalue weighted by molar-refractivity contribution is 7.22. The lowest BCUT2D eigenvalue weighted by atomic mass is 9.99. The van der Waals surface area contributed by atoms with E-state index in [1.807, 2.05) is 31.2 Å². The summed E-state index contributed by atoms with van der Waals surface area (Å²) in [5, 5.41) is 40.6. The average Bonchev–Trinajstić information content (AvgIpc) is 3.13. The Bertz CT molecular complexity index is 935. The Morgan fingerprint density at radius 3 is 2.54 bits per heavy atom. The lowest BCUT2D eigenvalue weighted by Gasteiger charge is -2.39. The molecule has 1 saturated heterocycles. The van der Waals surface area contributed by atoms with Gasteiger partial charge in [-0.25, -0.2) is 0 Å². The van der Waals surface area contributed by atoms with Gasteiger partial charge in [-0.1, -0.05) is 30.3 Å². The zero-order chi connectivity index (χ0) is 19.8. The van der Waals surface area contributed by atoms with Crippen LogP contribution in [-0.2, 0) is 4.74 Å². The lowest BCUT2D eigenvalue weighted by Crippen LogP contribution is -2.60. The van der Waals surface area contributed by atoms with Gasteiger partial charge in [-0.15, -0.1) is 11.3 Å². The number of aliphatic hydroxyl groups is 4. The van der Waals surface area contributed by atoms with Crippen LogP contribution >= 0.6 is 11.3 Å². The van der Waals surface area contributed by atoms with E-state index in [1.54, 1.807) is 17.4 Å². The van der Waals surface area contributed by atoms with Crippen LogP contribution in [0.5, 0.6) is 5.75 Å². The zero-order valence-corrected chi connectivity index (χ0v) is 16.0. The molecule has 7 heteroatoms. The molecule has 2 heterocycles. The van der Waals surface area contributed by atoms with Crippen LogP contribution in [0.1, 0.15) is 5.56 Å². The maximum atomic E-state index is 10.2. The average molecular weight is 402 g/mol. The molecule has 6 nitrogen and oxygen atoms in total. The van der Waals surface area contributed by atoms with Crippen LogP contribution in [0.3, 0.4) is 0 Å². The van der Waals surface area contributed by atoms with E-state index in [2.05, 4.69) is 18.2 Å². The predicted molar refractivity (Wildman–Crippen MR) is 106 cm³/mol. The van der Waals surface area contributed by atoms with Crippen LogP contribution < -0.4 is 4.74 Å². The van der Waals surface area contributed by atoms with Crippen LogP contribution in [-0.4, -0.2) is 57.7 Å². The predicted octanol–water partition coefficient (Wildman–Crippen LogP) is 2.06. The summed E-state index contributed by atoms with van der Waals surface area (Å²) in [6.07, 6.45) is -6.53. The minimum Gasteiger partial charge on any atom is -0.462 e. The fraction of sp³-hybridized carbons (Fsp3) is 0.333. The molecule has 5 atom stereocenters. The van der Waals surface area contributed by atoms with Crippen molar-refractivity contribution in [2.45, 2.75) is 37.6 Å². The van der Waals surface area contributed by atoms with Crippen LogP contribution in [0, 0.1) is 6.92 Å². The summed E-state index contributed by atoms with van der Waals surface area (Å²) >= 11 is 1.68. The molecule has 0 unspecified atom stereocenters. The topological polar surface area (TPSA) is 99.4 Å². The summed E-state index contributed by atoms with van der Waals surface area (Å²) in [5.74, 6) is 0.499. The van der Waals surface area contributed by atoms with Gasteiger partial charge in [0.2, 0.25) is 6.29 Å². The number of hydrogen-bond donors (Lipinski definition) is 4. The zero-order valence-electron chi connectivity index (χ0n) is 15.2. The van der Waals surface area contributed by atoms with E-state index in [1.165, 1.54) is 10.1 Å². The Morgan fingerprint density at radius 1 is 1.00 bits per heavy atom. The highest BCUT2D eigenvalue weighted by atomic mass is 32.1. The molecule has 0 spiro atoms. The summed E-state index contributed by atoms with van der Waals surface area (Å²) in [6, 6.07) is 15.9. The normalized spacial score (nSPS) is 27.8. The van der Waals surface area contributed by atoms with Crippen molar-refractivity contribution in [2.75, 3.05) is 6.61 Å². The second kappa shape index (κ2) is 7.79. The third-order valence-electron chi connectivity index (χ3n) is 5.07. The smallest absolute Gasteiger partial charge is 0.229 e. The lowest BCUT2D eigenvalue weighted by molar-refractivity contribution is -0.277. The van der Waals surface area contributed by atoms with Gasteiger partial charge < -0.3 is 29.9 Å². The van der Waals surface area contributed by atoms with Gasteiger partial charge in [0.1, 0.15) is 30.2 Å².